The van der Waals surface area contributed by atoms with E-state index in [2.05, 4.69) is 10.2 Å². The molecule has 0 aliphatic rings. The summed E-state index contributed by atoms with van der Waals surface area (Å²) in [4.78, 5) is 0. The fraction of sp³-hybridized carbons (Fsp3) is 0.600. The molecule has 0 fully saturated rings. The summed E-state index contributed by atoms with van der Waals surface area (Å²) in [7, 11) is -3.29. The molecule has 0 unspecified atom stereocenters. The van der Waals surface area contributed by atoms with Gasteiger partial charge in [0, 0.05) is 0 Å². The lowest BCUT2D eigenvalue weighted by Crippen LogP contribution is -2.13. The Morgan fingerprint density at radius 3 is 2.33 bits per heavy atom. The molecule has 1 aromatic rings. The first-order chi connectivity index (χ1) is 5.44. The minimum Gasteiger partial charge on any atom is -0.374 e. The molecule has 0 aliphatic carbocycles. The Morgan fingerprint density at radius 2 is 2.00 bits per heavy atom. The predicted octanol–water partition coefficient (Wildman–Crippen LogP) is 0.302. The molecule has 0 saturated heterocycles. The molecule has 0 aliphatic heterocycles. The minimum absolute atomic E-state index is 0.00463. The molecule has 2 N–H and O–H groups in total. The second-order valence-electron chi connectivity index (χ2n) is 2.50. The summed E-state index contributed by atoms with van der Waals surface area (Å²) in [5.74, 6) is 0. The van der Waals surface area contributed by atoms with Crippen LogP contribution >= 0.6 is 11.3 Å². The average Bonchev–Trinajstić information content (AvgIpc) is 2.35. The molecule has 0 aromatic carbocycles. The topological polar surface area (TPSA) is 85.9 Å². The van der Waals surface area contributed by atoms with Crippen molar-refractivity contribution in [3.05, 3.63) is 0 Å². The molecule has 0 spiro atoms. The molecule has 7 heteroatoms. The summed E-state index contributed by atoms with van der Waals surface area (Å²) in [5, 5.41) is 6.59. The van der Waals surface area contributed by atoms with Crippen LogP contribution in [0.25, 0.3) is 0 Å². The maximum atomic E-state index is 11.4. The zero-order valence-electron chi connectivity index (χ0n) is 6.68. The Bertz CT molecular complexity index is 368. The highest BCUT2D eigenvalue weighted by Gasteiger charge is 2.23. The van der Waals surface area contributed by atoms with Crippen molar-refractivity contribution in [2.24, 2.45) is 0 Å². The molecule has 0 amide bonds. The van der Waals surface area contributed by atoms with Gasteiger partial charge in [0.05, 0.1) is 5.25 Å². The Hall–Kier alpha value is -0.690. The lowest BCUT2D eigenvalue weighted by molar-refractivity contribution is 0.585. The van der Waals surface area contributed by atoms with E-state index in [0.717, 1.165) is 11.3 Å². The first-order valence-corrected chi connectivity index (χ1v) is 5.63. The molecular weight excluding hydrogens is 198 g/mol. The third-order valence-electron chi connectivity index (χ3n) is 1.29. The van der Waals surface area contributed by atoms with E-state index in [0.29, 0.717) is 0 Å². The van der Waals surface area contributed by atoms with Crippen LogP contribution in [0.4, 0.5) is 5.13 Å². The van der Waals surface area contributed by atoms with Crippen molar-refractivity contribution in [2.75, 3.05) is 5.73 Å². The Balaban J connectivity index is 3.15. The number of sulfone groups is 1. The van der Waals surface area contributed by atoms with Crippen molar-refractivity contribution in [2.45, 2.75) is 23.4 Å². The third kappa shape index (κ3) is 1.56. The largest absolute Gasteiger partial charge is 0.374 e. The van der Waals surface area contributed by atoms with Crippen LogP contribution in [0.3, 0.4) is 0 Å². The molecule has 0 bridgehead atoms. The number of aromatic nitrogens is 2. The Morgan fingerprint density at radius 1 is 1.42 bits per heavy atom. The van der Waals surface area contributed by atoms with Gasteiger partial charge in [-0.3, -0.25) is 0 Å². The number of hydrogen-bond donors (Lipinski definition) is 1. The van der Waals surface area contributed by atoms with Crippen LogP contribution in [0, 0.1) is 0 Å². The van der Waals surface area contributed by atoms with Gasteiger partial charge < -0.3 is 5.73 Å². The lowest BCUT2D eigenvalue weighted by atomic mass is 10.6. The summed E-state index contributed by atoms with van der Waals surface area (Å²) >= 11 is 0.891. The smallest absolute Gasteiger partial charge is 0.234 e. The zero-order valence-corrected chi connectivity index (χ0v) is 8.32. The summed E-state index contributed by atoms with van der Waals surface area (Å²) in [6, 6.07) is 0. The van der Waals surface area contributed by atoms with Gasteiger partial charge in [0.1, 0.15) is 0 Å². The van der Waals surface area contributed by atoms with Gasteiger partial charge in [-0.15, -0.1) is 10.2 Å². The zero-order chi connectivity index (χ0) is 9.35. The van der Waals surface area contributed by atoms with Crippen molar-refractivity contribution in [1.29, 1.82) is 0 Å². The fourth-order valence-corrected chi connectivity index (χ4v) is 2.74. The summed E-state index contributed by atoms with van der Waals surface area (Å²) < 4.78 is 22.8. The maximum absolute atomic E-state index is 11.4. The molecule has 1 aromatic heterocycles. The highest BCUT2D eigenvalue weighted by Crippen LogP contribution is 2.20. The molecule has 0 saturated carbocycles. The van der Waals surface area contributed by atoms with Crippen LogP contribution in [0.1, 0.15) is 13.8 Å². The van der Waals surface area contributed by atoms with E-state index in [-0.39, 0.29) is 9.47 Å². The molecule has 5 nitrogen and oxygen atoms in total. The van der Waals surface area contributed by atoms with Crippen molar-refractivity contribution in [1.82, 2.24) is 10.2 Å². The van der Waals surface area contributed by atoms with Crippen molar-refractivity contribution < 1.29 is 8.42 Å². The van der Waals surface area contributed by atoms with E-state index in [1.165, 1.54) is 0 Å². The van der Waals surface area contributed by atoms with Gasteiger partial charge in [0.15, 0.2) is 0 Å². The van der Waals surface area contributed by atoms with Crippen LogP contribution in [0.5, 0.6) is 0 Å². The maximum Gasteiger partial charge on any atom is 0.234 e. The SMILES string of the molecule is CC(C)S(=O)(=O)c1nnc(N)s1. The van der Waals surface area contributed by atoms with E-state index in [1.54, 1.807) is 13.8 Å². The second kappa shape index (κ2) is 2.98. The quantitative estimate of drug-likeness (QED) is 0.754. The number of hydrogen-bond acceptors (Lipinski definition) is 6. The Labute approximate surface area is 74.5 Å². The van der Waals surface area contributed by atoms with Gasteiger partial charge in [-0.1, -0.05) is 11.3 Å². The number of nitrogens with zero attached hydrogens (tertiary/aromatic N) is 2. The minimum atomic E-state index is -3.29. The van der Waals surface area contributed by atoms with Crippen LogP contribution in [-0.2, 0) is 9.84 Å². The number of rotatable bonds is 2. The standard InChI is InChI=1S/C5H9N3O2S2/c1-3(2)12(9,10)5-8-7-4(6)11-5/h3H,1-2H3,(H2,6,7). The molecule has 68 valence electrons. The van der Waals surface area contributed by atoms with Gasteiger partial charge in [-0.05, 0) is 13.8 Å². The molecule has 1 rings (SSSR count). The molecule has 0 radical (unpaired) electrons. The number of nitrogens with two attached hydrogens (primary N) is 1. The number of anilines is 1. The summed E-state index contributed by atoms with van der Waals surface area (Å²) in [6.45, 7) is 3.18. The third-order valence-corrected chi connectivity index (χ3v) is 4.59. The summed E-state index contributed by atoms with van der Waals surface area (Å²) in [5.41, 5.74) is 5.26. The van der Waals surface area contributed by atoms with Gasteiger partial charge in [0.25, 0.3) is 0 Å². The van der Waals surface area contributed by atoms with E-state index in [1.807, 2.05) is 0 Å². The van der Waals surface area contributed by atoms with E-state index in [9.17, 15) is 8.42 Å². The first-order valence-electron chi connectivity index (χ1n) is 3.27. The van der Waals surface area contributed by atoms with Gasteiger partial charge in [-0.25, -0.2) is 8.42 Å². The molecule has 0 atom stereocenters. The van der Waals surface area contributed by atoms with Crippen molar-refractivity contribution >= 4 is 26.3 Å². The average molecular weight is 207 g/mol. The van der Waals surface area contributed by atoms with Crippen LogP contribution in [-0.4, -0.2) is 23.9 Å². The highest BCUT2D eigenvalue weighted by molar-refractivity contribution is 7.93. The summed E-state index contributed by atoms with van der Waals surface area (Å²) in [6.07, 6.45) is 0. The van der Waals surface area contributed by atoms with E-state index < -0.39 is 15.1 Å². The van der Waals surface area contributed by atoms with Gasteiger partial charge >= 0.3 is 0 Å². The lowest BCUT2D eigenvalue weighted by Gasteiger charge is -2.00. The normalized spacial score (nSPS) is 12.2. The fourth-order valence-electron chi connectivity index (χ4n) is 0.537. The first kappa shape index (κ1) is 9.40. The monoisotopic (exact) mass is 207 g/mol. The van der Waals surface area contributed by atoms with Crippen molar-refractivity contribution in [3.63, 3.8) is 0 Å². The highest BCUT2D eigenvalue weighted by atomic mass is 32.2. The van der Waals surface area contributed by atoms with Crippen LogP contribution < -0.4 is 5.73 Å². The van der Waals surface area contributed by atoms with Crippen LogP contribution in [0.15, 0.2) is 4.34 Å². The van der Waals surface area contributed by atoms with Crippen LogP contribution in [0.2, 0.25) is 0 Å². The number of nitrogen functional groups attached to an aromatic ring is 1. The Kier molecular flexibility index (Phi) is 2.34. The second-order valence-corrected chi connectivity index (χ2v) is 6.19. The van der Waals surface area contributed by atoms with E-state index in [4.69, 9.17) is 5.73 Å². The van der Waals surface area contributed by atoms with Gasteiger partial charge in [0.2, 0.25) is 19.3 Å². The van der Waals surface area contributed by atoms with E-state index >= 15 is 0 Å². The molecule has 1 heterocycles. The van der Waals surface area contributed by atoms with Gasteiger partial charge in [-0.2, -0.15) is 0 Å². The van der Waals surface area contributed by atoms with Crippen molar-refractivity contribution in [3.8, 4) is 0 Å². The molecule has 12 heavy (non-hydrogen) atoms. The molecular formula is C5H9N3O2S2. The predicted molar refractivity (Wildman–Crippen MR) is 46.6 cm³/mol.